The van der Waals surface area contributed by atoms with Crippen LogP contribution in [0, 0.1) is 0 Å². The predicted molar refractivity (Wildman–Crippen MR) is 55.1 cm³/mol. The van der Waals surface area contributed by atoms with Crippen molar-refractivity contribution in [1.29, 1.82) is 0 Å². The third-order valence-corrected chi connectivity index (χ3v) is 2.39. The molecule has 1 N–H and O–H groups in total. The van der Waals surface area contributed by atoms with Crippen LogP contribution in [0.25, 0.3) is 10.9 Å². The number of rotatable bonds is 0. The maximum Gasteiger partial charge on any atom is 0.418 e. The Labute approximate surface area is 95.4 Å². The minimum absolute atomic E-state index is 0.0262. The highest BCUT2D eigenvalue weighted by Crippen LogP contribution is 2.33. The van der Waals surface area contributed by atoms with Gasteiger partial charge < -0.3 is 4.98 Å². The molecule has 3 nitrogen and oxygen atoms in total. The zero-order chi connectivity index (χ0) is 11.9. The molecule has 0 bridgehead atoms. The van der Waals surface area contributed by atoms with Gasteiger partial charge in [-0.3, -0.25) is 4.79 Å². The van der Waals surface area contributed by atoms with E-state index in [1.165, 1.54) is 12.1 Å². The van der Waals surface area contributed by atoms with Gasteiger partial charge in [-0.1, -0.05) is 6.07 Å². The van der Waals surface area contributed by atoms with Crippen LogP contribution in [-0.2, 0) is 6.18 Å². The smallest absolute Gasteiger partial charge is 0.301 e. The molecule has 0 saturated carbocycles. The number of fused-ring (bicyclic) bond motifs is 1. The van der Waals surface area contributed by atoms with Gasteiger partial charge in [0, 0.05) is 0 Å². The number of hydrogen-bond donors (Lipinski definition) is 1. The van der Waals surface area contributed by atoms with Crippen LogP contribution >= 0.6 is 15.9 Å². The van der Waals surface area contributed by atoms with Gasteiger partial charge in [0.1, 0.15) is 0 Å². The number of nitrogens with zero attached hydrogens (tertiary/aromatic N) is 1. The molecular weight excluding hydrogens is 289 g/mol. The van der Waals surface area contributed by atoms with Gasteiger partial charge in [-0.05, 0) is 28.1 Å². The van der Waals surface area contributed by atoms with Crippen LogP contribution in [0.3, 0.4) is 0 Å². The Kier molecular flexibility index (Phi) is 2.49. The molecule has 16 heavy (non-hydrogen) atoms. The van der Waals surface area contributed by atoms with E-state index in [0.29, 0.717) is 0 Å². The fraction of sp³-hybridized carbons (Fsp3) is 0.111. The second-order valence-corrected chi connectivity index (χ2v) is 3.81. The van der Waals surface area contributed by atoms with Crippen molar-refractivity contribution in [3.05, 3.63) is 38.9 Å². The summed E-state index contributed by atoms with van der Waals surface area (Å²) < 4.78 is 37.8. The molecule has 0 atom stereocenters. The van der Waals surface area contributed by atoms with Crippen molar-refractivity contribution in [2.75, 3.05) is 0 Å². The van der Waals surface area contributed by atoms with Crippen molar-refractivity contribution >= 4 is 26.8 Å². The first-order chi connectivity index (χ1) is 7.39. The minimum Gasteiger partial charge on any atom is -0.301 e. The van der Waals surface area contributed by atoms with Gasteiger partial charge in [0.2, 0.25) is 0 Å². The molecule has 0 aliphatic heterocycles. The number of alkyl halides is 3. The van der Waals surface area contributed by atoms with Crippen molar-refractivity contribution in [3.8, 4) is 0 Å². The Bertz CT molecular complexity index is 606. The maximum atomic E-state index is 12.6. The lowest BCUT2D eigenvalue weighted by atomic mass is 10.1. The van der Waals surface area contributed by atoms with Gasteiger partial charge in [-0.25, -0.2) is 4.98 Å². The van der Waals surface area contributed by atoms with Crippen LogP contribution in [0.2, 0.25) is 0 Å². The van der Waals surface area contributed by atoms with Crippen LogP contribution in [0.4, 0.5) is 13.2 Å². The van der Waals surface area contributed by atoms with E-state index in [4.69, 9.17) is 0 Å². The van der Waals surface area contributed by atoms with Crippen LogP contribution in [0.15, 0.2) is 27.7 Å². The topological polar surface area (TPSA) is 45.8 Å². The number of aromatic nitrogens is 2. The number of halogens is 4. The van der Waals surface area contributed by atoms with Gasteiger partial charge >= 0.3 is 6.18 Å². The standard InChI is InChI=1S/C9H4BrF3N2O/c10-8-14-6-4(7(16)15-8)2-1-3-5(6)9(11,12)13/h1-3H,(H,14,15,16). The number of H-pyrrole nitrogens is 1. The largest absolute Gasteiger partial charge is 0.418 e. The summed E-state index contributed by atoms with van der Waals surface area (Å²) in [5.74, 6) is 0. The van der Waals surface area contributed by atoms with E-state index in [2.05, 4.69) is 25.9 Å². The molecule has 0 spiro atoms. The molecule has 84 valence electrons. The number of hydrogen-bond acceptors (Lipinski definition) is 2. The molecule has 2 rings (SSSR count). The third-order valence-electron chi connectivity index (χ3n) is 2.01. The van der Waals surface area contributed by atoms with E-state index in [1.807, 2.05) is 0 Å². The zero-order valence-corrected chi connectivity index (χ0v) is 9.19. The Morgan fingerprint density at radius 3 is 2.62 bits per heavy atom. The summed E-state index contributed by atoms with van der Waals surface area (Å²) in [6, 6.07) is 3.36. The quantitative estimate of drug-likeness (QED) is 0.759. The fourth-order valence-corrected chi connectivity index (χ4v) is 1.72. The summed E-state index contributed by atoms with van der Waals surface area (Å²) in [7, 11) is 0. The zero-order valence-electron chi connectivity index (χ0n) is 7.60. The van der Waals surface area contributed by atoms with E-state index >= 15 is 0 Å². The summed E-state index contributed by atoms with van der Waals surface area (Å²) >= 11 is 2.85. The van der Waals surface area contributed by atoms with Crippen LogP contribution < -0.4 is 5.56 Å². The predicted octanol–water partition coefficient (Wildman–Crippen LogP) is 2.70. The summed E-state index contributed by atoms with van der Waals surface area (Å²) in [4.78, 5) is 17.3. The first kappa shape index (κ1) is 11.1. The lowest BCUT2D eigenvalue weighted by Gasteiger charge is -2.08. The second-order valence-electron chi connectivity index (χ2n) is 3.06. The molecule has 0 amide bonds. The molecule has 0 unspecified atom stereocenters. The van der Waals surface area contributed by atoms with Crippen molar-refractivity contribution in [1.82, 2.24) is 9.97 Å². The first-order valence-electron chi connectivity index (χ1n) is 4.15. The van der Waals surface area contributed by atoms with Crippen LogP contribution in [-0.4, -0.2) is 9.97 Å². The highest BCUT2D eigenvalue weighted by molar-refractivity contribution is 9.10. The molecule has 0 saturated heterocycles. The lowest BCUT2D eigenvalue weighted by molar-refractivity contribution is -0.136. The highest BCUT2D eigenvalue weighted by Gasteiger charge is 2.33. The molecule has 0 aliphatic rings. The van der Waals surface area contributed by atoms with Gasteiger partial charge in [-0.2, -0.15) is 13.2 Å². The average Bonchev–Trinajstić information content (AvgIpc) is 2.15. The highest BCUT2D eigenvalue weighted by atomic mass is 79.9. The number of aromatic amines is 1. The van der Waals surface area contributed by atoms with E-state index in [-0.39, 0.29) is 15.6 Å². The molecule has 1 aromatic heterocycles. The molecule has 2 aromatic rings. The Hall–Kier alpha value is -1.37. The fourth-order valence-electron chi connectivity index (χ4n) is 1.36. The monoisotopic (exact) mass is 292 g/mol. The maximum absolute atomic E-state index is 12.6. The number of benzene rings is 1. The van der Waals surface area contributed by atoms with Gasteiger partial charge in [0.15, 0.2) is 4.73 Å². The molecule has 7 heteroatoms. The normalized spacial score (nSPS) is 12.0. The third kappa shape index (κ3) is 1.82. The number of para-hydroxylation sites is 1. The molecule has 1 aromatic carbocycles. The van der Waals surface area contributed by atoms with E-state index < -0.39 is 17.3 Å². The lowest BCUT2D eigenvalue weighted by Crippen LogP contribution is -2.13. The van der Waals surface area contributed by atoms with Crippen molar-refractivity contribution < 1.29 is 13.2 Å². The van der Waals surface area contributed by atoms with Gasteiger partial charge in [0.05, 0.1) is 16.5 Å². The summed E-state index contributed by atoms with van der Waals surface area (Å²) in [5.41, 5.74) is -1.88. The van der Waals surface area contributed by atoms with Crippen molar-refractivity contribution in [3.63, 3.8) is 0 Å². The van der Waals surface area contributed by atoms with Gasteiger partial charge in [-0.15, -0.1) is 0 Å². The molecule has 1 heterocycles. The Morgan fingerprint density at radius 2 is 2.00 bits per heavy atom. The van der Waals surface area contributed by atoms with Crippen molar-refractivity contribution in [2.45, 2.75) is 6.18 Å². The molecule has 0 fully saturated rings. The first-order valence-corrected chi connectivity index (χ1v) is 4.94. The van der Waals surface area contributed by atoms with Crippen LogP contribution in [0.1, 0.15) is 5.56 Å². The average molecular weight is 293 g/mol. The van der Waals surface area contributed by atoms with E-state index in [0.717, 1.165) is 6.07 Å². The van der Waals surface area contributed by atoms with Gasteiger partial charge in [0.25, 0.3) is 5.56 Å². The Morgan fingerprint density at radius 1 is 1.31 bits per heavy atom. The summed E-state index contributed by atoms with van der Waals surface area (Å²) in [6.45, 7) is 0. The molecular formula is C9H4BrF3N2O. The second kappa shape index (κ2) is 3.58. The molecule has 0 aliphatic carbocycles. The van der Waals surface area contributed by atoms with Crippen molar-refractivity contribution in [2.24, 2.45) is 0 Å². The SMILES string of the molecule is O=c1[nH]c(Br)nc2c(C(F)(F)F)cccc12. The Balaban J connectivity index is 2.93. The van der Waals surface area contributed by atoms with Crippen LogP contribution in [0.5, 0.6) is 0 Å². The van der Waals surface area contributed by atoms with E-state index in [1.54, 1.807) is 0 Å². The van der Waals surface area contributed by atoms with E-state index in [9.17, 15) is 18.0 Å². The number of nitrogens with one attached hydrogen (secondary N) is 1. The summed E-state index contributed by atoms with van der Waals surface area (Å²) in [6.07, 6.45) is -4.53. The summed E-state index contributed by atoms with van der Waals surface area (Å²) in [5, 5.41) is -0.0852. The molecule has 0 radical (unpaired) electrons. The minimum atomic E-state index is -4.53.